The average molecular weight is 418 g/mol. The maximum Gasteiger partial charge on any atom is 0.319 e. The number of halogens is 1. The molecule has 30 heavy (non-hydrogen) atoms. The van der Waals surface area contributed by atoms with Gasteiger partial charge >= 0.3 is 6.03 Å². The number of carbonyl (C=O) groups excluding carboxylic acids is 2. The molecular weight excluding hydrogens is 381 g/mol. The van der Waals surface area contributed by atoms with E-state index in [1.54, 1.807) is 12.1 Å². The monoisotopic (exact) mass is 417 g/mol. The minimum absolute atomic E-state index is 0.159. The normalized spacial score (nSPS) is 24.9. The molecule has 1 atom stereocenters. The number of hydrogen-bond acceptors (Lipinski definition) is 2. The first-order chi connectivity index (χ1) is 14.2. The van der Waals surface area contributed by atoms with E-state index in [2.05, 4.69) is 31.4 Å². The SMILES string of the molecule is CC(C)(C)C1CCC(C(=O)N2CCC[C@@H](CNC(=O)Nc3cccc(F)c3)C2)CC1. The fourth-order valence-electron chi connectivity index (χ4n) is 4.87. The van der Waals surface area contributed by atoms with E-state index in [1.165, 1.54) is 12.1 Å². The third-order valence-corrected chi connectivity index (χ3v) is 6.77. The van der Waals surface area contributed by atoms with E-state index in [0.717, 1.165) is 45.1 Å². The van der Waals surface area contributed by atoms with Crippen LogP contribution in [-0.4, -0.2) is 36.5 Å². The molecule has 1 aliphatic carbocycles. The summed E-state index contributed by atoms with van der Waals surface area (Å²) in [4.78, 5) is 27.2. The molecule has 1 heterocycles. The quantitative estimate of drug-likeness (QED) is 0.721. The highest BCUT2D eigenvalue weighted by Gasteiger charge is 2.35. The first-order valence-electron chi connectivity index (χ1n) is 11.3. The first kappa shape index (κ1) is 22.6. The highest BCUT2D eigenvalue weighted by Crippen LogP contribution is 2.40. The van der Waals surface area contributed by atoms with Gasteiger partial charge in [0, 0.05) is 31.2 Å². The lowest BCUT2D eigenvalue weighted by Gasteiger charge is -2.39. The van der Waals surface area contributed by atoms with Crippen molar-refractivity contribution in [3.05, 3.63) is 30.1 Å². The number of rotatable bonds is 4. The number of anilines is 1. The molecule has 3 amide bonds. The predicted molar refractivity (Wildman–Crippen MR) is 118 cm³/mol. The molecule has 1 saturated heterocycles. The molecule has 0 bridgehead atoms. The second-order valence-corrected chi connectivity index (χ2v) is 10.1. The summed E-state index contributed by atoms with van der Waals surface area (Å²) in [5.41, 5.74) is 0.751. The van der Waals surface area contributed by atoms with Crippen molar-refractivity contribution in [1.29, 1.82) is 0 Å². The van der Waals surface area contributed by atoms with Crippen molar-refractivity contribution < 1.29 is 14.0 Å². The molecule has 1 aromatic rings. The van der Waals surface area contributed by atoms with Gasteiger partial charge in [0.05, 0.1) is 0 Å². The Kier molecular flexibility index (Phi) is 7.37. The summed E-state index contributed by atoms with van der Waals surface area (Å²) >= 11 is 0. The number of amides is 3. The Morgan fingerprint density at radius 1 is 1.13 bits per heavy atom. The van der Waals surface area contributed by atoms with E-state index in [1.807, 2.05) is 4.90 Å². The van der Waals surface area contributed by atoms with Crippen molar-refractivity contribution in [2.45, 2.75) is 59.3 Å². The van der Waals surface area contributed by atoms with Crippen LogP contribution in [0, 0.1) is 29.0 Å². The zero-order chi connectivity index (χ0) is 21.7. The van der Waals surface area contributed by atoms with Gasteiger partial charge in [0.25, 0.3) is 0 Å². The lowest BCUT2D eigenvalue weighted by atomic mass is 9.69. The van der Waals surface area contributed by atoms with Gasteiger partial charge in [-0.1, -0.05) is 26.8 Å². The van der Waals surface area contributed by atoms with Crippen molar-refractivity contribution >= 4 is 17.6 Å². The summed E-state index contributed by atoms with van der Waals surface area (Å²) in [5.74, 6) is 1.04. The van der Waals surface area contributed by atoms with Crippen LogP contribution in [0.15, 0.2) is 24.3 Å². The molecule has 166 valence electrons. The van der Waals surface area contributed by atoms with Crippen LogP contribution in [0.5, 0.6) is 0 Å². The van der Waals surface area contributed by atoms with Crippen LogP contribution in [0.25, 0.3) is 0 Å². The van der Waals surface area contributed by atoms with Crippen LogP contribution in [0.4, 0.5) is 14.9 Å². The number of nitrogens with zero attached hydrogens (tertiary/aromatic N) is 1. The van der Waals surface area contributed by atoms with Gasteiger partial charge in [0.2, 0.25) is 5.91 Å². The number of hydrogen-bond donors (Lipinski definition) is 2. The van der Waals surface area contributed by atoms with Gasteiger partial charge in [0.1, 0.15) is 5.82 Å². The van der Waals surface area contributed by atoms with Crippen molar-refractivity contribution in [1.82, 2.24) is 10.2 Å². The number of carbonyl (C=O) groups is 2. The number of nitrogens with one attached hydrogen (secondary N) is 2. The highest BCUT2D eigenvalue weighted by atomic mass is 19.1. The molecule has 6 heteroatoms. The van der Waals surface area contributed by atoms with E-state index < -0.39 is 0 Å². The van der Waals surface area contributed by atoms with Crippen molar-refractivity contribution in [2.75, 3.05) is 25.0 Å². The molecule has 0 radical (unpaired) electrons. The fourth-order valence-corrected chi connectivity index (χ4v) is 4.87. The molecule has 1 aliphatic heterocycles. The summed E-state index contributed by atoms with van der Waals surface area (Å²) in [5, 5.41) is 5.52. The molecule has 2 aliphatic rings. The third-order valence-electron chi connectivity index (χ3n) is 6.77. The van der Waals surface area contributed by atoms with E-state index in [0.29, 0.717) is 36.0 Å². The average Bonchev–Trinajstić information content (AvgIpc) is 2.71. The molecule has 1 saturated carbocycles. The Bertz CT molecular complexity index is 738. The molecule has 0 unspecified atom stereocenters. The van der Waals surface area contributed by atoms with E-state index in [4.69, 9.17) is 0 Å². The number of benzene rings is 1. The van der Waals surface area contributed by atoms with Gasteiger partial charge in [-0.3, -0.25) is 4.79 Å². The van der Waals surface area contributed by atoms with Gasteiger partial charge in [-0.25, -0.2) is 9.18 Å². The fraction of sp³-hybridized carbons (Fsp3) is 0.667. The maximum atomic E-state index is 13.2. The van der Waals surface area contributed by atoms with E-state index in [-0.39, 0.29) is 23.7 Å². The molecule has 3 rings (SSSR count). The van der Waals surface area contributed by atoms with Crippen LogP contribution in [-0.2, 0) is 4.79 Å². The minimum Gasteiger partial charge on any atom is -0.342 e. The standard InChI is InChI=1S/C24H36FN3O2/c1-24(2,3)19-11-9-18(10-12-19)22(29)28-13-5-6-17(16-28)15-26-23(30)27-21-8-4-7-20(25)14-21/h4,7-8,14,17-19H,5-6,9-13,15-16H2,1-3H3,(H2,26,27,30)/t17-,18?,19?/m0/s1. The second kappa shape index (κ2) is 9.80. The van der Waals surface area contributed by atoms with Gasteiger partial charge in [-0.2, -0.15) is 0 Å². The van der Waals surface area contributed by atoms with Crippen LogP contribution in [0.2, 0.25) is 0 Å². The molecular formula is C24H36FN3O2. The maximum absolute atomic E-state index is 13.2. The topological polar surface area (TPSA) is 61.4 Å². The summed E-state index contributed by atoms with van der Waals surface area (Å²) in [6.45, 7) is 8.94. The Hall–Kier alpha value is -2.11. The lowest BCUT2D eigenvalue weighted by molar-refractivity contribution is -0.139. The van der Waals surface area contributed by atoms with Crippen LogP contribution >= 0.6 is 0 Å². The Labute approximate surface area is 179 Å². The van der Waals surface area contributed by atoms with Gasteiger partial charge in [-0.05, 0) is 74.0 Å². The molecule has 1 aromatic carbocycles. The van der Waals surface area contributed by atoms with Gasteiger partial charge < -0.3 is 15.5 Å². The Morgan fingerprint density at radius 2 is 1.87 bits per heavy atom. The zero-order valence-corrected chi connectivity index (χ0v) is 18.5. The Morgan fingerprint density at radius 3 is 2.53 bits per heavy atom. The summed E-state index contributed by atoms with van der Waals surface area (Å²) in [7, 11) is 0. The third kappa shape index (κ3) is 6.19. The number of piperidine rings is 1. The van der Waals surface area contributed by atoms with Crippen molar-refractivity contribution in [3.63, 3.8) is 0 Å². The first-order valence-corrected chi connectivity index (χ1v) is 11.3. The summed E-state index contributed by atoms with van der Waals surface area (Å²) < 4.78 is 13.2. The predicted octanol–water partition coefficient (Wildman–Crippen LogP) is 5.04. The lowest BCUT2D eigenvalue weighted by Crippen LogP contribution is -2.47. The van der Waals surface area contributed by atoms with E-state index >= 15 is 0 Å². The molecule has 0 spiro atoms. The van der Waals surface area contributed by atoms with Gasteiger partial charge in [0.15, 0.2) is 0 Å². The largest absolute Gasteiger partial charge is 0.342 e. The Balaban J connectivity index is 1.43. The van der Waals surface area contributed by atoms with Crippen molar-refractivity contribution in [2.24, 2.45) is 23.2 Å². The summed E-state index contributed by atoms with van der Waals surface area (Å²) in [6, 6.07) is 5.49. The summed E-state index contributed by atoms with van der Waals surface area (Å²) in [6.07, 6.45) is 6.24. The number of urea groups is 1. The molecule has 0 aromatic heterocycles. The number of likely N-dealkylation sites (tertiary alicyclic amines) is 1. The highest BCUT2D eigenvalue weighted by molar-refractivity contribution is 5.89. The zero-order valence-electron chi connectivity index (χ0n) is 18.5. The molecule has 5 nitrogen and oxygen atoms in total. The molecule has 2 fully saturated rings. The second-order valence-electron chi connectivity index (χ2n) is 10.1. The van der Waals surface area contributed by atoms with Gasteiger partial charge in [-0.15, -0.1) is 0 Å². The minimum atomic E-state index is -0.384. The van der Waals surface area contributed by atoms with E-state index in [9.17, 15) is 14.0 Å². The molecule has 2 N–H and O–H groups in total. The van der Waals surface area contributed by atoms with Crippen LogP contribution in [0.3, 0.4) is 0 Å². The van der Waals surface area contributed by atoms with Crippen molar-refractivity contribution in [3.8, 4) is 0 Å². The van der Waals surface area contributed by atoms with Crippen LogP contribution < -0.4 is 10.6 Å². The smallest absolute Gasteiger partial charge is 0.319 e. The van der Waals surface area contributed by atoms with Crippen LogP contribution in [0.1, 0.15) is 59.3 Å².